The van der Waals surface area contributed by atoms with Crippen molar-refractivity contribution in [3.05, 3.63) is 35.4 Å². The summed E-state index contributed by atoms with van der Waals surface area (Å²) in [6.07, 6.45) is 6.36. The number of amides is 1. The van der Waals surface area contributed by atoms with Gasteiger partial charge < -0.3 is 5.32 Å². The second-order valence-corrected chi connectivity index (χ2v) is 4.89. The molecule has 1 aromatic rings. The van der Waals surface area contributed by atoms with Crippen molar-refractivity contribution in [3.8, 4) is 6.07 Å². The van der Waals surface area contributed by atoms with E-state index in [2.05, 4.69) is 5.32 Å². The molecule has 0 bridgehead atoms. The van der Waals surface area contributed by atoms with E-state index in [1.807, 2.05) is 6.07 Å². The number of hydrogen-bond donors (Lipinski definition) is 1. The fourth-order valence-corrected chi connectivity index (χ4v) is 2.52. The lowest BCUT2D eigenvalue weighted by atomic mass is 10.0. The van der Waals surface area contributed by atoms with Crippen molar-refractivity contribution >= 4 is 5.91 Å². The molecule has 0 aliphatic heterocycles. The Hall–Kier alpha value is -1.82. The lowest BCUT2D eigenvalue weighted by Crippen LogP contribution is -2.25. The van der Waals surface area contributed by atoms with Gasteiger partial charge in [0.25, 0.3) is 5.91 Å². The second kappa shape index (κ2) is 6.20. The van der Waals surface area contributed by atoms with Crippen LogP contribution in [0.3, 0.4) is 0 Å². The van der Waals surface area contributed by atoms with Crippen LogP contribution in [0.2, 0.25) is 0 Å². The maximum absolute atomic E-state index is 11.9. The third-order valence-electron chi connectivity index (χ3n) is 3.57. The Morgan fingerprint density at radius 2 is 2.17 bits per heavy atom. The minimum atomic E-state index is -0.0786. The fourth-order valence-electron chi connectivity index (χ4n) is 2.52. The number of rotatable bonds is 4. The summed E-state index contributed by atoms with van der Waals surface area (Å²) in [5.41, 5.74) is 1.10. The SMILES string of the molecule is N#Cc1cccc(C(=O)NCCC2CCCC2)c1. The fraction of sp³-hybridized carbons (Fsp3) is 0.467. The van der Waals surface area contributed by atoms with Crippen molar-refractivity contribution in [2.45, 2.75) is 32.1 Å². The highest BCUT2D eigenvalue weighted by molar-refractivity contribution is 5.94. The van der Waals surface area contributed by atoms with Crippen LogP contribution in [0.1, 0.15) is 48.0 Å². The highest BCUT2D eigenvalue weighted by Crippen LogP contribution is 2.26. The van der Waals surface area contributed by atoms with Crippen molar-refractivity contribution in [1.29, 1.82) is 5.26 Å². The van der Waals surface area contributed by atoms with Crippen molar-refractivity contribution in [2.75, 3.05) is 6.54 Å². The first-order valence-electron chi connectivity index (χ1n) is 6.58. The number of benzene rings is 1. The Morgan fingerprint density at radius 1 is 1.39 bits per heavy atom. The van der Waals surface area contributed by atoms with Crippen LogP contribution in [0.5, 0.6) is 0 Å². The first-order chi connectivity index (χ1) is 8.79. The second-order valence-electron chi connectivity index (χ2n) is 4.89. The van der Waals surface area contributed by atoms with E-state index < -0.39 is 0 Å². The van der Waals surface area contributed by atoms with Crippen molar-refractivity contribution in [3.63, 3.8) is 0 Å². The molecule has 1 aliphatic rings. The van der Waals surface area contributed by atoms with Gasteiger partial charge >= 0.3 is 0 Å². The lowest BCUT2D eigenvalue weighted by molar-refractivity contribution is 0.0951. The van der Waals surface area contributed by atoms with Crippen LogP contribution in [-0.4, -0.2) is 12.5 Å². The van der Waals surface area contributed by atoms with E-state index in [0.717, 1.165) is 18.9 Å². The Balaban J connectivity index is 1.81. The molecular formula is C15H18N2O. The average molecular weight is 242 g/mol. The predicted octanol–water partition coefficient (Wildman–Crippen LogP) is 2.87. The van der Waals surface area contributed by atoms with Crippen molar-refractivity contribution < 1.29 is 4.79 Å². The molecule has 1 amide bonds. The third-order valence-corrected chi connectivity index (χ3v) is 3.57. The van der Waals surface area contributed by atoms with Crippen molar-refractivity contribution in [2.24, 2.45) is 5.92 Å². The largest absolute Gasteiger partial charge is 0.352 e. The lowest BCUT2D eigenvalue weighted by Gasteiger charge is -2.09. The summed E-state index contributed by atoms with van der Waals surface area (Å²) in [6, 6.07) is 8.86. The molecule has 0 aromatic heterocycles. The molecule has 1 aromatic carbocycles. The van der Waals surface area contributed by atoms with Gasteiger partial charge in [-0.2, -0.15) is 5.26 Å². The van der Waals surface area contributed by atoms with Gasteiger partial charge in [-0.05, 0) is 30.5 Å². The van der Waals surface area contributed by atoms with Gasteiger partial charge in [-0.25, -0.2) is 0 Å². The van der Waals surface area contributed by atoms with E-state index in [0.29, 0.717) is 11.1 Å². The minimum absolute atomic E-state index is 0.0786. The number of carbonyl (C=O) groups is 1. The molecule has 3 heteroatoms. The van der Waals surface area contributed by atoms with Crippen LogP contribution >= 0.6 is 0 Å². The van der Waals surface area contributed by atoms with Gasteiger partial charge in [-0.3, -0.25) is 4.79 Å². The molecule has 0 unspecified atom stereocenters. The van der Waals surface area contributed by atoms with Gasteiger partial charge in [-0.15, -0.1) is 0 Å². The van der Waals surface area contributed by atoms with Crippen LogP contribution in [0.4, 0.5) is 0 Å². The first kappa shape index (κ1) is 12.6. The van der Waals surface area contributed by atoms with E-state index in [4.69, 9.17) is 5.26 Å². The standard InChI is InChI=1S/C15H18N2O/c16-11-13-6-3-7-14(10-13)15(18)17-9-8-12-4-1-2-5-12/h3,6-7,10,12H,1-2,4-5,8-9H2,(H,17,18). The van der Waals surface area contributed by atoms with Crippen LogP contribution in [0.15, 0.2) is 24.3 Å². The summed E-state index contributed by atoms with van der Waals surface area (Å²) in [5.74, 6) is 0.709. The summed E-state index contributed by atoms with van der Waals surface area (Å²) >= 11 is 0. The first-order valence-corrected chi connectivity index (χ1v) is 6.58. The summed E-state index contributed by atoms with van der Waals surface area (Å²) in [6.45, 7) is 0.736. The molecule has 3 nitrogen and oxygen atoms in total. The molecule has 0 radical (unpaired) electrons. The molecular weight excluding hydrogens is 224 g/mol. The zero-order valence-corrected chi connectivity index (χ0v) is 10.5. The number of hydrogen-bond acceptors (Lipinski definition) is 2. The number of nitrogens with zero attached hydrogens (tertiary/aromatic N) is 1. The van der Waals surface area contributed by atoms with E-state index in [9.17, 15) is 4.79 Å². The Morgan fingerprint density at radius 3 is 2.89 bits per heavy atom. The average Bonchev–Trinajstić information content (AvgIpc) is 2.92. The smallest absolute Gasteiger partial charge is 0.251 e. The molecule has 1 N–H and O–H groups in total. The van der Waals surface area contributed by atoms with Gasteiger partial charge in [0.15, 0.2) is 0 Å². The van der Waals surface area contributed by atoms with Gasteiger partial charge in [0.05, 0.1) is 11.6 Å². The minimum Gasteiger partial charge on any atom is -0.352 e. The molecule has 0 spiro atoms. The topological polar surface area (TPSA) is 52.9 Å². The van der Waals surface area contributed by atoms with Gasteiger partial charge in [0.1, 0.15) is 0 Å². The predicted molar refractivity (Wildman–Crippen MR) is 70.1 cm³/mol. The highest BCUT2D eigenvalue weighted by atomic mass is 16.1. The zero-order valence-electron chi connectivity index (χ0n) is 10.5. The monoisotopic (exact) mass is 242 g/mol. The molecule has 1 saturated carbocycles. The molecule has 94 valence electrons. The van der Waals surface area contributed by atoms with Crippen molar-refractivity contribution in [1.82, 2.24) is 5.32 Å². The van der Waals surface area contributed by atoms with E-state index in [-0.39, 0.29) is 5.91 Å². The number of nitrogens with one attached hydrogen (secondary N) is 1. The van der Waals surface area contributed by atoms with E-state index in [1.54, 1.807) is 24.3 Å². The third kappa shape index (κ3) is 3.33. The molecule has 18 heavy (non-hydrogen) atoms. The molecule has 1 fully saturated rings. The Labute approximate surface area is 108 Å². The van der Waals surface area contributed by atoms with Gasteiger partial charge in [0.2, 0.25) is 0 Å². The highest BCUT2D eigenvalue weighted by Gasteiger charge is 2.14. The maximum atomic E-state index is 11.9. The normalized spacial score (nSPS) is 15.3. The molecule has 0 heterocycles. The summed E-state index contributed by atoms with van der Waals surface area (Å²) in [7, 11) is 0. The quantitative estimate of drug-likeness (QED) is 0.882. The summed E-state index contributed by atoms with van der Waals surface area (Å²) in [4.78, 5) is 11.9. The number of nitriles is 1. The van der Waals surface area contributed by atoms with Crippen LogP contribution < -0.4 is 5.32 Å². The van der Waals surface area contributed by atoms with Gasteiger partial charge in [-0.1, -0.05) is 31.7 Å². The van der Waals surface area contributed by atoms with Gasteiger partial charge in [0, 0.05) is 12.1 Å². The van der Waals surface area contributed by atoms with Crippen LogP contribution in [-0.2, 0) is 0 Å². The van der Waals surface area contributed by atoms with Crippen LogP contribution in [0, 0.1) is 17.2 Å². The summed E-state index contributed by atoms with van der Waals surface area (Å²) in [5, 5.41) is 11.7. The summed E-state index contributed by atoms with van der Waals surface area (Å²) < 4.78 is 0. The molecule has 2 rings (SSSR count). The van der Waals surface area contributed by atoms with E-state index >= 15 is 0 Å². The Bertz CT molecular complexity index is 456. The maximum Gasteiger partial charge on any atom is 0.251 e. The van der Waals surface area contributed by atoms with E-state index in [1.165, 1.54) is 25.7 Å². The van der Waals surface area contributed by atoms with Crippen LogP contribution in [0.25, 0.3) is 0 Å². The molecule has 0 saturated heterocycles. The molecule has 1 aliphatic carbocycles. The zero-order chi connectivity index (χ0) is 12.8. The number of carbonyl (C=O) groups excluding carboxylic acids is 1. The Kier molecular flexibility index (Phi) is 4.35. The molecule has 0 atom stereocenters.